The minimum Gasteiger partial charge on any atom is -0.326 e. The Labute approximate surface area is 171 Å². The van der Waals surface area contributed by atoms with Crippen LogP contribution in [0.15, 0.2) is 66.2 Å². The van der Waals surface area contributed by atoms with Crippen molar-refractivity contribution in [2.45, 2.75) is 11.7 Å². The van der Waals surface area contributed by atoms with E-state index < -0.39 is 5.25 Å². The molecule has 0 radical (unpaired) electrons. The van der Waals surface area contributed by atoms with E-state index in [2.05, 4.69) is 16.9 Å². The molecule has 0 aliphatic carbocycles. The summed E-state index contributed by atoms with van der Waals surface area (Å²) in [5, 5.41) is 3.10. The Morgan fingerprint density at radius 3 is 2.75 bits per heavy atom. The van der Waals surface area contributed by atoms with E-state index in [1.54, 1.807) is 30.3 Å². The van der Waals surface area contributed by atoms with Crippen molar-refractivity contribution in [2.24, 2.45) is 4.99 Å². The number of hydrogen-bond acceptors (Lipinski definition) is 4. The first-order chi connectivity index (χ1) is 13.5. The number of aliphatic imine (C=N–C) groups is 1. The van der Waals surface area contributed by atoms with Crippen LogP contribution in [0.25, 0.3) is 0 Å². The molecule has 1 heterocycles. The quantitative estimate of drug-likeness (QED) is 0.697. The van der Waals surface area contributed by atoms with Crippen LogP contribution in [0.4, 0.5) is 15.8 Å². The molecule has 1 aliphatic heterocycles. The predicted octanol–water partition coefficient (Wildman–Crippen LogP) is 4.63. The minimum atomic E-state index is -0.599. The van der Waals surface area contributed by atoms with Gasteiger partial charge in [-0.1, -0.05) is 35.5 Å². The molecule has 1 atom stereocenters. The molecule has 3 rings (SSSR count). The average Bonchev–Trinajstić information content (AvgIpc) is 2.93. The van der Waals surface area contributed by atoms with Gasteiger partial charge in [-0.3, -0.25) is 14.5 Å². The molecule has 8 heteroatoms. The van der Waals surface area contributed by atoms with Crippen molar-refractivity contribution in [1.82, 2.24) is 4.90 Å². The van der Waals surface area contributed by atoms with Crippen molar-refractivity contribution in [2.75, 3.05) is 11.9 Å². The molecule has 2 aromatic carbocycles. The summed E-state index contributed by atoms with van der Waals surface area (Å²) in [6.45, 7) is 3.94. The summed E-state index contributed by atoms with van der Waals surface area (Å²) in [5.41, 5.74) is 1.09. The predicted molar refractivity (Wildman–Crippen MR) is 111 cm³/mol. The topological polar surface area (TPSA) is 61.8 Å². The zero-order chi connectivity index (χ0) is 20.1. The molecule has 1 N–H and O–H groups in total. The molecule has 1 saturated heterocycles. The van der Waals surface area contributed by atoms with Crippen LogP contribution in [0.3, 0.4) is 0 Å². The minimum absolute atomic E-state index is 0.00784. The fraction of sp³-hybridized carbons (Fsp3) is 0.150. The number of nitrogens with one attached hydrogen (secondary N) is 1. The largest absolute Gasteiger partial charge is 0.326 e. The molecule has 1 fully saturated rings. The van der Waals surface area contributed by atoms with Crippen LogP contribution in [0.1, 0.15) is 6.42 Å². The smallest absolute Gasteiger partial charge is 0.242 e. The zero-order valence-electron chi connectivity index (χ0n) is 14.8. The highest BCUT2D eigenvalue weighted by atomic mass is 35.5. The van der Waals surface area contributed by atoms with E-state index in [4.69, 9.17) is 11.6 Å². The van der Waals surface area contributed by atoms with Crippen LogP contribution >= 0.6 is 23.4 Å². The van der Waals surface area contributed by atoms with Gasteiger partial charge in [0.15, 0.2) is 5.17 Å². The fourth-order valence-electron chi connectivity index (χ4n) is 2.59. The monoisotopic (exact) mass is 417 g/mol. The summed E-state index contributed by atoms with van der Waals surface area (Å²) in [6, 6.07) is 12.4. The number of amides is 2. The maximum absolute atomic E-state index is 13.1. The standard InChI is InChI=1S/C20H17ClFN3O2S/c1-2-10-25-19(27)17(12-18(26)23-16-5-3-4-13(21)11-16)28-20(25)24-15-8-6-14(22)7-9-15/h2-9,11,17H,1,10,12H2,(H,23,26)/t17-/m0/s1. The maximum Gasteiger partial charge on any atom is 0.242 e. The third kappa shape index (κ3) is 4.99. The first kappa shape index (κ1) is 20.1. The van der Waals surface area contributed by atoms with Gasteiger partial charge in [0, 0.05) is 23.7 Å². The van der Waals surface area contributed by atoms with Crippen LogP contribution in [-0.4, -0.2) is 33.7 Å². The van der Waals surface area contributed by atoms with Gasteiger partial charge in [0.1, 0.15) is 11.1 Å². The summed E-state index contributed by atoms with van der Waals surface area (Å²) >= 11 is 7.12. The molecule has 0 saturated carbocycles. The van der Waals surface area contributed by atoms with Crippen molar-refractivity contribution in [3.63, 3.8) is 0 Å². The highest BCUT2D eigenvalue weighted by molar-refractivity contribution is 8.15. The lowest BCUT2D eigenvalue weighted by atomic mass is 10.2. The fourth-order valence-corrected chi connectivity index (χ4v) is 3.95. The molecule has 2 amide bonds. The Morgan fingerprint density at radius 2 is 2.07 bits per heavy atom. The van der Waals surface area contributed by atoms with Gasteiger partial charge >= 0.3 is 0 Å². The second-order valence-corrected chi connectivity index (χ2v) is 7.58. The molecule has 2 aromatic rings. The van der Waals surface area contributed by atoms with Gasteiger partial charge in [0.25, 0.3) is 0 Å². The van der Waals surface area contributed by atoms with Gasteiger partial charge in [-0.05, 0) is 42.5 Å². The van der Waals surface area contributed by atoms with Gasteiger partial charge in [-0.15, -0.1) is 6.58 Å². The van der Waals surface area contributed by atoms with Crippen molar-refractivity contribution in [3.8, 4) is 0 Å². The van der Waals surface area contributed by atoms with E-state index in [9.17, 15) is 14.0 Å². The molecule has 144 valence electrons. The first-order valence-electron chi connectivity index (χ1n) is 8.45. The lowest BCUT2D eigenvalue weighted by Gasteiger charge is -2.13. The molecule has 1 aliphatic rings. The summed E-state index contributed by atoms with van der Waals surface area (Å²) in [7, 11) is 0. The molecular formula is C20H17ClFN3O2S. The van der Waals surface area contributed by atoms with E-state index in [1.165, 1.54) is 40.9 Å². The average molecular weight is 418 g/mol. The highest BCUT2D eigenvalue weighted by Crippen LogP contribution is 2.32. The number of carbonyl (C=O) groups is 2. The van der Waals surface area contributed by atoms with E-state index in [1.807, 2.05) is 0 Å². The van der Waals surface area contributed by atoms with Gasteiger partial charge in [-0.2, -0.15) is 0 Å². The number of nitrogens with zero attached hydrogens (tertiary/aromatic N) is 2. The zero-order valence-corrected chi connectivity index (χ0v) is 16.3. The van der Waals surface area contributed by atoms with Crippen molar-refractivity contribution >= 4 is 51.7 Å². The third-order valence-corrected chi connectivity index (χ3v) is 5.27. The number of carbonyl (C=O) groups excluding carboxylic acids is 2. The van der Waals surface area contributed by atoms with E-state index in [0.29, 0.717) is 21.6 Å². The van der Waals surface area contributed by atoms with Crippen molar-refractivity contribution in [3.05, 3.63) is 72.0 Å². The molecular weight excluding hydrogens is 401 g/mol. The molecule has 0 aromatic heterocycles. The molecule has 0 bridgehead atoms. The summed E-state index contributed by atoms with van der Waals surface area (Å²) in [5.74, 6) is -0.876. The van der Waals surface area contributed by atoms with Crippen LogP contribution in [0, 0.1) is 5.82 Å². The number of amidine groups is 1. The second kappa shape index (κ2) is 9.03. The number of thioether (sulfide) groups is 1. The SMILES string of the molecule is C=CCN1C(=O)[C@H](CC(=O)Nc2cccc(Cl)c2)SC1=Nc1ccc(F)cc1. The highest BCUT2D eigenvalue weighted by Gasteiger charge is 2.38. The van der Waals surface area contributed by atoms with E-state index in [0.717, 1.165) is 0 Å². The Kier molecular flexibility index (Phi) is 6.49. The van der Waals surface area contributed by atoms with E-state index in [-0.39, 0.29) is 30.6 Å². The summed E-state index contributed by atoms with van der Waals surface area (Å²) in [6.07, 6.45) is 1.58. The number of rotatable bonds is 6. The number of anilines is 1. The molecule has 28 heavy (non-hydrogen) atoms. The Morgan fingerprint density at radius 1 is 1.32 bits per heavy atom. The van der Waals surface area contributed by atoms with Crippen LogP contribution in [-0.2, 0) is 9.59 Å². The number of halogens is 2. The van der Waals surface area contributed by atoms with Gasteiger partial charge in [0.2, 0.25) is 11.8 Å². The maximum atomic E-state index is 13.1. The van der Waals surface area contributed by atoms with Gasteiger partial charge in [0.05, 0.1) is 5.69 Å². The van der Waals surface area contributed by atoms with Crippen LogP contribution in [0.5, 0.6) is 0 Å². The summed E-state index contributed by atoms with van der Waals surface area (Å²) < 4.78 is 13.1. The van der Waals surface area contributed by atoms with Crippen LogP contribution in [0.2, 0.25) is 5.02 Å². The van der Waals surface area contributed by atoms with Crippen LogP contribution < -0.4 is 5.32 Å². The van der Waals surface area contributed by atoms with Gasteiger partial charge in [-0.25, -0.2) is 9.38 Å². The molecule has 0 unspecified atom stereocenters. The lowest BCUT2D eigenvalue weighted by molar-refractivity contribution is -0.127. The number of benzene rings is 2. The Balaban J connectivity index is 1.73. The molecule has 5 nitrogen and oxygen atoms in total. The normalized spacial score (nSPS) is 17.8. The number of hydrogen-bond donors (Lipinski definition) is 1. The molecule has 0 spiro atoms. The van der Waals surface area contributed by atoms with Crippen molar-refractivity contribution < 1.29 is 14.0 Å². The Bertz CT molecular complexity index is 933. The van der Waals surface area contributed by atoms with Crippen molar-refractivity contribution in [1.29, 1.82) is 0 Å². The Hall–Kier alpha value is -2.64. The van der Waals surface area contributed by atoms with E-state index >= 15 is 0 Å². The lowest BCUT2D eigenvalue weighted by Crippen LogP contribution is -2.33. The second-order valence-electron chi connectivity index (χ2n) is 5.98. The first-order valence-corrected chi connectivity index (χ1v) is 9.70. The summed E-state index contributed by atoms with van der Waals surface area (Å²) in [4.78, 5) is 31.0. The third-order valence-electron chi connectivity index (χ3n) is 3.86. The van der Waals surface area contributed by atoms with Gasteiger partial charge < -0.3 is 5.32 Å².